The number of piperazine rings is 1. The van der Waals surface area contributed by atoms with Crippen molar-refractivity contribution in [2.75, 3.05) is 26.2 Å². The first kappa shape index (κ1) is 11.0. The fraction of sp³-hybridized carbons (Fsp3) is 0.846. The number of nitrogens with zero attached hydrogens (tertiary/aromatic N) is 1. The summed E-state index contributed by atoms with van der Waals surface area (Å²) in [7, 11) is 0. The van der Waals surface area contributed by atoms with Crippen LogP contribution in [-0.2, 0) is 0 Å². The molecule has 1 heterocycles. The average Bonchev–Trinajstić information content (AvgIpc) is 3.00. The number of hydrogen-bond donors (Lipinski definition) is 1. The van der Waals surface area contributed by atoms with Crippen LogP contribution < -0.4 is 5.32 Å². The van der Waals surface area contributed by atoms with Gasteiger partial charge in [-0.25, -0.2) is 0 Å². The summed E-state index contributed by atoms with van der Waals surface area (Å²) in [5.74, 6) is 0.817. The van der Waals surface area contributed by atoms with Crippen molar-refractivity contribution in [3.63, 3.8) is 0 Å². The molecule has 2 fully saturated rings. The maximum Gasteiger partial charge on any atom is 0.0300 e. The Morgan fingerprint density at radius 3 is 2.40 bits per heavy atom. The molecule has 1 aliphatic carbocycles. The summed E-state index contributed by atoms with van der Waals surface area (Å²) < 4.78 is 0. The highest BCUT2D eigenvalue weighted by Gasteiger charge is 2.45. The van der Waals surface area contributed by atoms with Crippen LogP contribution in [0.5, 0.6) is 0 Å². The zero-order valence-corrected chi connectivity index (χ0v) is 10.2. The minimum atomic E-state index is 0.613. The summed E-state index contributed by atoms with van der Waals surface area (Å²) in [4.78, 5) is 2.47. The molecule has 2 heteroatoms. The summed E-state index contributed by atoms with van der Waals surface area (Å²) in [5, 5.41) is 3.39. The van der Waals surface area contributed by atoms with Gasteiger partial charge in [-0.05, 0) is 30.6 Å². The van der Waals surface area contributed by atoms with Gasteiger partial charge >= 0.3 is 0 Å². The summed E-state index contributed by atoms with van der Waals surface area (Å²) in [6, 6.07) is 0. The molecule has 86 valence electrons. The molecule has 1 saturated heterocycles. The Labute approximate surface area is 93.7 Å². The third kappa shape index (κ3) is 2.36. The van der Waals surface area contributed by atoms with Crippen LogP contribution in [0, 0.1) is 11.3 Å². The van der Waals surface area contributed by atoms with Gasteiger partial charge < -0.3 is 10.2 Å². The quantitative estimate of drug-likeness (QED) is 0.762. The SMILES string of the molecule is C=C(CC1(C(C)C)CC1)N1CCNCC1. The average molecular weight is 208 g/mol. The fourth-order valence-corrected chi connectivity index (χ4v) is 2.62. The van der Waals surface area contributed by atoms with Crippen LogP contribution in [0.3, 0.4) is 0 Å². The zero-order valence-electron chi connectivity index (χ0n) is 10.2. The third-order valence-electron chi connectivity index (χ3n) is 4.24. The Bertz CT molecular complexity index is 235. The number of nitrogens with one attached hydrogen (secondary N) is 1. The molecular weight excluding hydrogens is 184 g/mol. The van der Waals surface area contributed by atoms with E-state index in [1.807, 2.05) is 0 Å². The van der Waals surface area contributed by atoms with Crippen LogP contribution in [0.1, 0.15) is 33.1 Å². The lowest BCUT2D eigenvalue weighted by molar-refractivity contribution is 0.256. The summed E-state index contributed by atoms with van der Waals surface area (Å²) in [6.07, 6.45) is 4.05. The van der Waals surface area contributed by atoms with E-state index in [-0.39, 0.29) is 0 Å². The lowest BCUT2D eigenvalue weighted by Crippen LogP contribution is -2.43. The number of rotatable bonds is 4. The van der Waals surface area contributed by atoms with Crippen molar-refractivity contribution < 1.29 is 0 Å². The first-order chi connectivity index (χ1) is 7.14. The monoisotopic (exact) mass is 208 g/mol. The molecule has 0 aromatic carbocycles. The van der Waals surface area contributed by atoms with Gasteiger partial charge in [0, 0.05) is 31.9 Å². The van der Waals surface area contributed by atoms with Gasteiger partial charge in [0.25, 0.3) is 0 Å². The molecule has 0 bridgehead atoms. The predicted octanol–water partition coefficient (Wildman–Crippen LogP) is 2.23. The van der Waals surface area contributed by atoms with Gasteiger partial charge in [0.1, 0.15) is 0 Å². The molecular formula is C13H24N2. The van der Waals surface area contributed by atoms with E-state index in [9.17, 15) is 0 Å². The van der Waals surface area contributed by atoms with Crippen LogP contribution in [0.2, 0.25) is 0 Å². The topological polar surface area (TPSA) is 15.3 Å². The second-order valence-corrected chi connectivity index (χ2v) is 5.50. The molecule has 0 radical (unpaired) electrons. The van der Waals surface area contributed by atoms with E-state index in [0.29, 0.717) is 5.41 Å². The largest absolute Gasteiger partial charge is 0.373 e. The van der Waals surface area contributed by atoms with Crippen molar-refractivity contribution in [1.82, 2.24) is 10.2 Å². The van der Waals surface area contributed by atoms with Crippen LogP contribution in [0.25, 0.3) is 0 Å². The highest BCUT2D eigenvalue weighted by atomic mass is 15.2. The summed E-state index contributed by atoms with van der Waals surface area (Å²) >= 11 is 0. The van der Waals surface area contributed by atoms with Crippen molar-refractivity contribution in [3.05, 3.63) is 12.3 Å². The van der Waals surface area contributed by atoms with E-state index in [2.05, 4.69) is 30.6 Å². The van der Waals surface area contributed by atoms with Crippen molar-refractivity contribution in [2.24, 2.45) is 11.3 Å². The Morgan fingerprint density at radius 2 is 1.93 bits per heavy atom. The molecule has 0 amide bonds. The molecule has 2 rings (SSSR count). The van der Waals surface area contributed by atoms with Gasteiger partial charge in [-0.15, -0.1) is 0 Å². The van der Waals surface area contributed by atoms with E-state index >= 15 is 0 Å². The first-order valence-corrected chi connectivity index (χ1v) is 6.27. The maximum absolute atomic E-state index is 4.28. The zero-order chi connectivity index (χ0) is 10.9. The summed E-state index contributed by atoms with van der Waals surface area (Å²) in [6.45, 7) is 13.5. The molecule has 1 N–H and O–H groups in total. The molecule has 0 aromatic heterocycles. The van der Waals surface area contributed by atoms with Gasteiger partial charge in [0.2, 0.25) is 0 Å². The second kappa shape index (κ2) is 4.17. The minimum Gasteiger partial charge on any atom is -0.373 e. The summed E-state index contributed by atoms with van der Waals surface area (Å²) in [5.41, 5.74) is 1.99. The van der Waals surface area contributed by atoms with Crippen LogP contribution >= 0.6 is 0 Å². The molecule has 0 atom stereocenters. The Hall–Kier alpha value is -0.500. The van der Waals surface area contributed by atoms with Gasteiger partial charge in [-0.3, -0.25) is 0 Å². The number of allylic oxidation sites excluding steroid dienone is 1. The third-order valence-corrected chi connectivity index (χ3v) is 4.24. The van der Waals surface area contributed by atoms with E-state index in [1.54, 1.807) is 0 Å². The molecule has 1 saturated carbocycles. The number of hydrogen-bond acceptors (Lipinski definition) is 2. The van der Waals surface area contributed by atoms with Gasteiger partial charge in [0.15, 0.2) is 0 Å². The normalized spacial score (nSPS) is 24.3. The smallest absolute Gasteiger partial charge is 0.0300 e. The molecule has 2 nitrogen and oxygen atoms in total. The van der Waals surface area contributed by atoms with Crippen molar-refractivity contribution >= 4 is 0 Å². The molecule has 0 unspecified atom stereocenters. The van der Waals surface area contributed by atoms with Crippen molar-refractivity contribution in [2.45, 2.75) is 33.1 Å². The standard InChI is InChI=1S/C13H24N2/c1-11(2)13(4-5-13)10-12(3)15-8-6-14-7-9-15/h11,14H,3-10H2,1-2H3. The van der Waals surface area contributed by atoms with E-state index in [1.165, 1.54) is 25.0 Å². The molecule has 0 aromatic rings. The molecule has 1 aliphatic heterocycles. The van der Waals surface area contributed by atoms with E-state index in [0.717, 1.165) is 32.1 Å². The first-order valence-electron chi connectivity index (χ1n) is 6.27. The highest BCUT2D eigenvalue weighted by Crippen LogP contribution is 2.56. The second-order valence-electron chi connectivity index (χ2n) is 5.50. The van der Waals surface area contributed by atoms with Gasteiger partial charge in [-0.1, -0.05) is 20.4 Å². The van der Waals surface area contributed by atoms with Gasteiger partial charge in [0.05, 0.1) is 0 Å². The van der Waals surface area contributed by atoms with E-state index in [4.69, 9.17) is 0 Å². The Balaban J connectivity index is 1.86. The minimum absolute atomic E-state index is 0.613. The predicted molar refractivity (Wildman–Crippen MR) is 64.7 cm³/mol. The van der Waals surface area contributed by atoms with Gasteiger partial charge in [-0.2, -0.15) is 0 Å². The van der Waals surface area contributed by atoms with Crippen molar-refractivity contribution in [1.29, 1.82) is 0 Å². The fourth-order valence-electron chi connectivity index (χ4n) is 2.62. The van der Waals surface area contributed by atoms with Crippen molar-refractivity contribution in [3.8, 4) is 0 Å². The Morgan fingerprint density at radius 1 is 1.33 bits per heavy atom. The highest BCUT2D eigenvalue weighted by molar-refractivity contribution is 5.08. The molecule has 2 aliphatic rings. The van der Waals surface area contributed by atoms with Crippen LogP contribution in [0.15, 0.2) is 12.3 Å². The Kier molecular flexibility index (Phi) is 3.06. The van der Waals surface area contributed by atoms with Crippen LogP contribution in [-0.4, -0.2) is 31.1 Å². The lowest BCUT2D eigenvalue weighted by atomic mass is 9.87. The van der Waals surface area contributed by atoms with E-state index < -0.39 is 0 Å². The molecule has 0 spiro atoms. The maximum atomic E-state index is 4.28. The lowest BCUT2D eigenvalue weighted by Gasteiger charge is -2.33. The molecule has 15 heavy (non-hydrogen) atoms. The van der Waals surface area contributed by atoms with Crippen LogP contribution in [0.4, 0.5) is 0 Å².